The van der Waals surface area contributed by atoms with E-state index in [2.05, 4.69) is 15.6 Å². The quantitative estimate of drug-likeness (QED) is 0.463. The van der Waals surface area contributed by atoms with Crippen LogP contribution in [0.4, 0.5) is 20.3 Å². The standard InChI is InChI=1S/C30H29F2N5O3/c1-29(2)24(33)12-23(17-8-19(31)11-20(32)9-17)37(28(29)40)15-25(38)35-21-6-5-16-13-30(14-18(16)10-21)22-4-3-7-34-26(22)36-27(30)39/h3-11,23-24H,12-15,33H2,1-2H3,(H,35,38)(H,34,36,39). The van der Waals surface area contributed by atoms with Gasteiger partial charge in [0.15, 0.2) is 0 Å². The number of nitrogens with one attached hydrogen (secondary N) is 2. The van der Waals surface area contributed by atoms with Crippen molar-refractivity contribution in [3.8, 4) is 0 Å². The zero-order valence-corrected chi connectivity index (χ0v) is 22.1. The molecule has 1 aromatic heterocycles. The van der Waals surface area contributed by atoms with Crippen LogP contribution in [-0.2, 0) is 32.6 Å². The maximum Gasteiger partial charge on any atom is 0.244 e. The molecule has 4 N–H and O–H groups in total. The first-order valence-electron chi connectivity index (χ1n) is 13.2. The monoisotopic (exact) mass is 545 g/mol. The van der Waals surface area contributed by atoms with Crippen molar-refractivity contribution in [3.63, 3.8) is 0 Å². The topological polar surface area (TPSA) is 117 Å². The molecule has 40 heavy (non-hydrogen) atoms. The number of likely N-dealkylation sites (tertiary alicyclic amines) is 1. The summed E-state index contributed by atoms with van der Waals surface area (Å²) in [4.78, 5) is 45.3. The van der Waals surface area contributed by atoms with Crippen LogP contribution >= 0.6 is 0 Å². The fourth-order valence-electron chi connectivity index (χ4n) is 6.30. The van der Waals surface area contributed by atoms with Gasteiger partial charge < -0.3 is 21.3 Å². The number of hydrogen-bond donors (Lipinski definition) is 3. The van der Waals surface area contributed by atoms with E-state index in [1.807, 2.05) is 24.3 Å². The van der Waals surface area contributed by atoms with Gasteiger partial charge in [-0.1, -0.05) is 12.1 Å². The van der Waals surface area contributed by atoms with E-state index < -0.39 is 40.5 Å². The molecule has 10 heteroatoms. The lowest BCUT2D eigenvalue weighted by molar-refractivity contribution is -0.151. The third-order valence-electron chi connectivity index (χ3n) is 8.64. The number of carbonyl (C=O) groups excluding carboxylic acids is 3. The van der Waals surface area contributed by atoms with Crippen molar-refractivity contribution < 1.29 is 23.2 Å². The summed E-state index contributed by atoms with van der Waals surface area (Å²) in [6.07, 6.45) is 2.89. The summed E-state index contributed by atoms with van der Waals surface area (Å²) >= 11 is 0. The van der Waals surface area contributed by atoms with Crippen LogP contribution in [0.5, 0.6) is 0 Å². The largest absolute Gasteiger partial charge is 0.327 e. The van der Waals surface area contributed by atoms with Crippen LogP contribution < -0.4 is 16.4 Å². The van der Waals surface area contributed by atoms with E-state index in [4.69, 9.17) is 5.73 Å². The van der Waals surface area contributed by atoms with Crippen molar-refractivity contribution in [1.82, 2.24) is 9.88 Å². The van der Waals surface area contributed by atoms with E-state index in [1.165, 1.54) is 17.0 Å². The Kier molecular flexibility index (Phi) is 5.99. The second-order valence-electron chi connectivity index (χ2n) is 11.5. The molecule has 0 bridgehead atoms. The molecule has 1 saturated heterocycles. The molecule has 8 nitrogen and oxygen atoms in total. The summed E-state index contributed by atoms with van der Waals surface area (Å²) in [6.45, 7) is 3.09. The van der Waals surface area contributed by atoms with Gasteiger partial charge in [-0.3, -0.25) is 14.4 Å². The number of amides is 3. The Labute approximate surface area is 230 Å². The predicted molar refractivity (Wildman–Crippen MR) is 144 cm³/mol. The maximum atomic E-state index is 14.0. The number of pyridine rings is 1. The fourth-order valence-corrected chi connectivity index (χ4v) is 6.30. The number of benzene rings is 2. The first kappa shape index (κ1) is 26.1. The molecule has 3 aromatic rings. The van der Waals surface area contributed by atoms with E-state index >= 15 is 0 Å². The SMILES string of the molecule is CC1(C)C(=O)N(CC(=O)Nc2ccc3c(c2)CC2(C3)C(=O)Nc3ncccc32)C(c2cc(F)cc(F)c2)CC1N. The third kappa shape index (κ3) is 4.14. The number of piperidine rings is 1. The minimum Gasteiger partial charge on any atom is -0.327 e. The molecule has 3 unspecified atom stereocenters. The highest BCUT2D eigenvalue weighted by Gasteiger charge is 2.51. The van der Waals surface area contributed by atoms with E-state index in [0.717, 1.165) is 22.8 Å². The van der Waals surface area contributed by atoms with E-state index in [9.17, 15) is 23.2 Å². The number of halogens is 2. The lowest BCUT2D eigenvalue weighted by Crippen LogP contribution is -2.58. The van der Waals surface area contributed by atoms with Crippen molar-refractivity contribution in [1.29, 1.82) is 0 Å². The summed E-state index contributed by atoms with van der Waals surface area (Å²) in [5.41, 5.74) is 8.20. The molecule has 2 aliphatic heterocycles. The van der Waals surface area contributed by atoms with Crippen LogP contribution in [0.15, 0.2) is 54.7 Å². The third-order valence-corrected chi connectivity index (χ3v) is 8.64. The van der Waals surface area contributed by atoms with Crippen molar-refractivity contribution in [2.45, 2.75) is 50.6 Å². The Balaban J connectivity index is 1.23. The van der Waals surface area contributed by atoms with Gasteiger partial charge in [-0.25, -0.2) is 13.8 Å². The van der Waals surface area contributed by atoms with Crippen molar-refractivity contribution >= 4 is 29.2 Å². The molecule has 1 aliphatic carbocycles. The van der Waals surface area contributed by atoms with Gasteiger partial charge in [0, 0.05) is 29.6 Å². The zero-order chi connectivity index (χ0) is 28.4. The molecule has 6 rings (SSSR count). The predicted octanol–water partition coefficient (Wildman–Crippen LogP) is 3.61. The normalized spacial score (nSPS) is 24.6. The van der Waals surface area contributed by atoms with E-state index in [1.54, 1.807) is 26.1 Å². The van der Waals surface area contributed by atoms with Gasteiger partial charge in [0.2, 0.25) is 17.7 Å². The highest BCUT2D eigenvalue weighted by atomic mass is 19.1. The van der Waals surface area contributed by atoms with Crippen LogP contribution in [0.2, 0.25) is 0 Å². The van der Waals surface area contributed by atoms with Crippen LogP contribution in [-0.4, -0.2) is 40.2 Å². The van der Waals surface area contributed by atoms with Crippen LogP contribution in [0.1, 0.15) is 48.6 Å². The second kappa shape index (κ2) is 9.19. The molecule has 2 aromatic carbocycles. The van der Waals surface area contributed by atoms with Gasteiger partial charge in [0.25, 0.3) is 0 Å². The van der Waals surface area contributed by atoms with Gasteiger partial charge in [-0.2, -0.15) is 0 Å². The molecule has 1 fully saturated rings. The number of hydrogen-bond acceptors (Lipinski definition) is 5. The van der Waals surface area contributed by atoms with Gasteiger partial charge in [0.1, 0.15) is 24.0 Å². The van der Waals surface area contributed by atoms with Gasteiger partial charge in [-0.15, -0.1) is 0 Å². The Morgan fingerprint density at radius 2 is 1.82 bits per heavy atom. The molecule has 1 spiro atoms. The van der Waals surface area contributed by atoms with Crippen molar-refractivity contribution in [2.75, 3.05) is 17.2 Å². The van der Waals surface area contributed by atoms with E-state index in [-0.39, 0.29) is 30.3 Å². The minimum absolute atomic E-state index is 0.0905. The molecule has 3 heterocycles. The summed E-state index contributed by atoms with van der Waals surface area (Å²) in [5.74, 6) is -1.87. The molecule has 3 aliphatic rings. The highest BCUT2D eigenvalue weighted by molar-refractivity contribution is 6.06. The Hall–Kier alpha value is -4.18. The molecular formula is C30H29F2N5O3. The zero-order valence-electron chi connectivity index (χ0n) is 22.1. The second-order valence-corrected chi connectivity index (χ2v) is 11.5. The lowest BCUT2D eigenvalue weighted by atomic mass is 9.75. The van der Waals surface area contributed by atoms with Crippen molar-refractivity contribution in [2.24, 2.45) is 11.1 Å². The average Bonchev–Trinajstić information content (AvgIpc) is 3.41. The number of nitrogens with zero attached hydrogens (tertiary/aromatic N) is 2. The average molecular weight is 546 g/mol. The first-order chi connectivity index (χ1) is 19.0. The smallest absolute Gasteiger partial charge is 0.244 e. The number of carbonyl (C=O) groups is 3. The number of aromatic nitrogens is 1. The molecule has 206 valence electrons. The number of nitrogens with two attached hydrogens (primary N) is 1. The number of rotatable bonds is 4. The maximum absolute atomic E-state index is 14.0. The Morgan fingerprint density at radius 1 is 1.10 bits per heavy atom. The molecule has 3 atom stereocenters. The number of anilines is 2. The Morgan fingerprint density at radius 3 is 2.58 bits per heavy atom. The van der Waals surface area contributed by atoms with Crippen LogP contribution in [0.25, 0.3) is 0 Å². The summed E-state index contributed by atoms with van der Waals surface area (Å²) < 4.78 is 28.1. The van der Waals surface area contributed by atoms with Crippen molar-refractivity contribution in [3.05, 3.63) is 88.6 Å². The number of fused-ring (bicyclic) bond motifs is 3. The highest BCUT2D eigenvalue weighted by Crippen LogP contribution is 2.47. The first-order valence-corrected chi connectivity index (χ1v) is 13.2. The van der Waals surface area contributed by atoms with Gasteiger partial charge in [0.05, 0.1) is 16.9 Å². The minimum atomic E-state index is -0.961. The Bertz CT molecular complexity index is 1550. The summed E-state index contributed by atoms with van der Waals surface area (Å²) in [7, 11) is 0. The molecular weight excluding hydrogens is 516 g/mol. The van der Waals surface area contributed by atoms with Gasteiger partial charge in [-0.05, 0) is 80.1 Å². The summed E-state index contributed by atoms with van der Waals surface area (Å²) in [6, 6.07) is 11.0. The van der Waals surface area contributed by atoms with Crippen LogP contribution in [0, 0.1) is 17.0 Å². The lowest BCUT2D eigenvalue weighted by Gasteiger charge is -2.46. The summed E-state index contributed by atoms with van der Waals surface area (Å²) in [5, 5.41) is 5.74. The van der Waals surface area contributed by atoms with Gasteiger partial charge >= 0.3 is 0 Å². The fraction of sp³-hybridized carbons (Fsp3) is 0.333. The molecule has 3 amide bonds. The molecule has 0 saturated carbocycles. The van der Waals surface area contributed by atoms with Crippen LogP contribution in [0.3, 0.4) is 0 Å². The van der Waals surface area contributed by atoms with E-state index in [0.29, 0.717) is 24.3 Å². The molecule has 0 radical (unpaired) electrons.